The van der Waals surface area contributed by atoms with E-state index < -0.39 is 52.8 Å². The molecule has 0 radical (unpaired) electrons. The standard InChI is InChI=1S/C26H22F6O/c1-14-2-4-15(5-3-14)16-6-7-19(21(27)8-16)17-9-22(28)20(23(29)10-17)13-33-18-11-24(30)26(32)25(31)12-18/h6-12,14-15H,2-5,13H2,1H3. The van der Waals surface area contributed by atoms with Crippen LogP contribution in [0.3, 0.4) is 0 Å². The second-order valence-electron chi connectivity index (χ2n) is 8.60. The van der Waals surface area contributed by atoms with Crippen molar-refractivity contribution in [3.8, 4) is 16.9 Å². The summed E-state index contributed by atoms with van der Waals surface area (Å²) in [6, 6.07) is 7.86. The Morgan fingerprint density at radius 1 is 0.727 bits per heavy atom. The molecule has 4 rings (SSSR count). The highest BCUT2D eigenvalue weighted by molar-refractivity contribution is 5.65. The minimum atomic E-state index is -1.67. The topological polar surface area (TPSA) is 9.23 Å². The van der Waals surface area contributed by atoms with Gasteiger partial charge in [0.1, 0.15) is 29.8 Å². The lowest BCUT2D eigenvalue weighted by molar-refractivity contribution is 0.287. The van der Waals surface area contributed by atoms with Crippen LogP contribution < -0.4 is 4.74 Å². The maximum atomic E-state index is 14.8. The molecule has 1 nitrogen and oxygen atoms in total. The SMILES string of the molecule is CC1CCC(c2ccc(-c3cc(F)c(COc4cc(F)c(F)c(F)c4)c(F)c3)c(F)c2)CC1. The summed E-state index contributed by atoms with van der Waals surface area (Å²) in [5, 5.41) is 0. The third-order valence-corrected chi connectivity index (χ3v) is 6.27. The van der Waals surface area contributed by atoms with Crippen molar-refractivity contribution in [1.82, 2.24) is 0 Å². The first kappa shape index (κ1) is 23.2. The third-order valence-electron chi connectivity index (χ3n) is 6.27. The summed E-state index contributed by atoms with van der Waals surface area (Å²) in [4.78, 5) is 0. The summed E-state index contributed by atoms with van der Waals surface area (Å²) in [5.41, 5.74) is 0.468. The Morgan fingerprint density at radius 3 is 1.91 bits per heavy atom. The van der Waals surface area contributed by atoms with E-state index in [1.165, 1.54) is 12.1 Å². The van der Waals surface area contributed by atoms with Gasteiger partial charge in [-0.2, -0.15) is 0 Å². The van der Waals surface area contributed by atoms with Crippen LogP contribution in [0, 0.1) is 40.8 Å². The Labute approximate surface area is 188 Å². The Morgan fingerprint density at radius 2 is 1.33 bits per heavy atom. The molecule has 0 aliphatic heterocycles. The highest BCUT2D eigenvalue weighted by atomic mass is 19.2. The van der Waals surface area contributed by atoms with Gasteiger partial charge in [-0.1, -0.05) is 31.9 Å². The molecule has 0 N–H and O–H groups in total. The average molecular weight is 464 g/mol. The summed E-state index contributed by atoms with van der Waals surface area (Å²) >= 11 is 0. The predicted octanol–water partition coefficient (Wildman–Crippen LogP) is 8.06. The van der Waals surface area contributed by atoms with Crippen LogP contribution in [0.2, 0.25) is 0 Å². The van der Waals surface area contributed by atoms with Gasteiger partial charge < -0.3 is 4.74 Å². The highest BCUT2D eigenvalue weighted by Crippen LogP contribution is 2.37. The van der Waals surface area contributed by atoms with Crippen molar-refractivity contribution in [3.05, 3.63) is 88.5 Å². The number of ether oxygens (including phenoxy) is 1. The number of halogens is 6. The van der Waals surface area contributed by atoms with E-state index >= 15 is 0 Å². The fourth-order valence-corrected chi connectivity index (χ4v) is 4.28. The summed E-state index contributed by atoms with van der Waals surface area (Å²) in [6.45, 7) is 1.51. The van der Waals surface area contributed by atoms with Gasteiger partial charge in [-0.15, -0.1) is 0 Å². The lowest BCUT2D eigenvalue weighted by Gasteiger charge is -2.26. The maximum absolute atomic E-state index is 14.8. The van der Waals surface area contributed by atoms with E-state index in [1.807, 2.05) is 0 Å². The zero-order chi connectivity index (χ0) is 23.7. The largest absolute Gasteiger partial charge is 0.488 e. The Balaban J connectivity index is 1.53. The second-order valence-corrected chi connectivity index (χ2v) is 8.60. The molecule has 0 amide bonds. The van der Waals surface area contributed by atoms with Gasteiger partial charge in [-0.25, -0.2) is 26.3 Å². The highest BCUT2D eigenvalue weighted by Gasteiger charge is 2.22. The normalized spacial score (nSPS) is 18.4. The molecule has 0 saturated heterocycles. The van der Waals surface area contributed by atoms with Crippen molar-refractivity contribution >= 4 is 0 Å². The molecule has 0 heterocycles. The van der Waals surface area contributed by atoms with Gasteiger partial charge in [-0.05, 0) is 54.0 Å². The number of benzene rings is 3. The Hall–Kier alpha value is -2.96. The van der Waals surface area contributed by atoms with Crippen molar-refractivity contribution < 1.29 is 31.1 Å². The summed E-state index contributed by atoms with van der Waals surface area (Å²) in [6.07, 6.45) is 4.15. The van der Waals surface area contributed by atoms with Gasteiger partial charge in [0.2, 0.25) is 0 Å². The fourth-order valence-electron chi connectivity index (χ4n) is 4.28. The minimum Gasteiger partial charge on any atom is -0.488 e. The zero-order valence-electron chi connectivity index (χ0n) is 17.9. The molecule has 1 aliphatic carbocycles. The Bertz CT molecular complexity index is 1120. The minimum absolute atomic E-state index is 0.0222. The van der Waals surface area contributed by atoms with Gasteiger partial charge in [0.15, 0.2) is 17.5 Å². The van der Waals surface area contributed by atoms with E-state index in [4.69, 9.17) is 4.74 Å². The monoisotopic (exact) mass is 464 g/mol. The van der Waals surface area contributed by atoms with E-state index in [2.05, 4.69) is 6.92 Å². The van der Waals surface area contributed by atoms with Crippen molar-refractivity contribution in [2.75, 3.05) is 0 Å². The molecule has 0 atom stereocenters. The maximum Gasteiger partial charge on any atom is 0.194 e. The first-order valence-corrected chi connectivity index (χ1v) is 10.8. The van der Waals surface area contributed by atoms with Crippen LogP contribution in [0.5, 0.6) is 5.75 Å². The molecule has 0 unspecified atom stereocenters. The van der Waals surface area contributed by atoms with Crippen molar-refractivity contribution in [2.24, 2.45) is 5.92 Å². The van der Waals surface area contributed by atoms with Crippen LogP contribution >= 0.6 is 0 Å². The summed E-state index contributed by atoms with van der Waals surface area (Å²) in [5.74, 6) is -6.69. The lowest BCUT2D eigenvalue weighted by Crippen LogP contribution is -2.11. The molecular weight excluding hydrogens is 442 g/mol. The van der Waals surface area contributed by atoms with Crippen LogP contribution in [-0.2, 0) is 6.61 Å². The quantitative estimate of drug-likeness (QED) is 0.274. The van der Waals surface area contributed by atoms with E-state index in [0.717, 1.165) is 43.4 Å². The molecule has 7 heteroatoms. The van der Waals surface area contributed by atoms with Gasteiger partial charge in [0.25, 0.3) is 0 Å². The predicted molar refractivity (Wildman–Crippen MR) is 113 cm³/mol. The van der Waals surface area contributed by atoms with Gasteiger partial charge in [-0.3, -0.25) is 0 Å². The van der Waals surface area contributed by atoms with Crippen molar-refractivity contribution in [3.63, 3.8) is 0 Å². The van der Waals surface area contributed by atoms with Crippen LogP contribution in [0.4, 0.5) is 26.3 Å². The average Bonchev–Trinajstić information content (AvgIpc) is 2.77. The van der Waals surface area contributed by atoms with Crippen LogP contribution in [-0.4, -0.2) is 0 Å². The first-order chi connectivity index (χ1) is 15.7. The molecule has 174 valence electrons. The van der Waals surface area contributed by atoms with Gasteiger partial charge >= 0.3 is 0 Å². The molecule has 1 fully saturated rings. The van der Waals surface area contributed by atoms with E-state index in [0.29, 0.717) is 18.1 Å². The van der Waals surface area contributed by atoms with E-state index in [1.54, 1.807) is 6.07 Å². The van der Waals surface area contributed by atoms with Crippen LogP contribution in [0.15, 0.2) is 42.5 Å². The zero-order valence-corrected chi connectivity index (χ0v) is 17.9. The van der Waals surface area contributed by atoms with Crippen LogP contribution in [0.1, 0.15) is 49.7 Å². The second kappa shape index (κ2) is 9.49. The summed E-state index contributed by atoms with van der Waals surface area (Å²) < 4.78 is 88.7. The number of hydrogen-bond donors (Lipinski definition) is 0. The molecule has 3 aromatic carbocycles. The third kappa shape index (κ3) is 5.02. The first-order valence-electron chi connectivity index (χ1n) is 10.8. The molecule has 0 aromatic heterocycles. The van der Waals surface area contributed by atoms with E-state index in [9.17, 15) is 26.3 Å². The fraction of sp³-hybridized carbons (Fsp3) is 0.308. The van der Waals surface area contributed by atoms with Gasteiger partial charge in [0, 0.05) is 17.7 Å². The number of hydrogen-bond acceptors (Lipinski definition) is 1. The molecule has 1 saturated carbocycles. The lowest BCUT2D eigenvalue weighted by atomic mass is 9.79. The van der Waals surface area contributed by atoms with Crippen LogP contribution in [0.25, 0.3) is 11.1 Å². The Kier molecular flexibility index (Phi) is 6.68. The molecular formula is C26H22F6O. The van der Waals surface area contributed by atoms with Gasteiger partial charge in [0.05, 0.1) is 5.56 Å². The van der Waals surface area contributed by atoms with E-state index in [-0.39, 0.29) is 17.0 Å². The summed E-state index contributed by atoms with van der Waals surface area (Å²) in [7, 11) is 0. The smallest absolute Gasteiger partial charge is 0.194 e. The van der Waals surface area contributed by atoms with Crippen molar-refractivity contribution in [1.29, 1.82) is 0 Å². The molecule has 1 aliphatic rings. The molecule has 0 spiro atoms. The molecule has 0 bridgehead atoms. The number of rotatable bonds is 5. The van der Waals surface area contributed by atoms with Crippen molar-refractivity contribution in [2.45, 2.75) is 45.1 Å². The molecule has 33 heavy (non-hydrogen) atoms. The molecule has 3 aromatic rings.